The minimum atomic E-state index is -0.511. The van der Waals surface area contributed by atoms with Gasteiger partial charge < -0.3 is 26.4 Å². The van der Waals surface area contributed by atoms with E-state index in [2.05, 4.69) is 25.6 Å². The van der Waals surface area contributed by atoms with E-state index in [9.17, 15) is 9.59 Å². The number of nitrogens with one attached hydrogen (secondary N) is 2. The number of carbonyl (C=O) groups excluding carboxylic acids is 2. The lowest BCUT2D eigenvalue weighted by atomic mass is 9.88. The van der Waals surface area contributed by atoms with Crippen LogP contribution in [0.3, 0.4) is 0 Å². The van der Waals surface area contributed by atoms with Crippen LogP contribution in [0.1, 0.15) is 33.7 Å². The molecule has 1 saturated heterocycles. The van der Waals surface area contributed by atoms with E-state index in [0.717, 1.165) is 0 Å². The maximum absolute atomic E-state index is 12.8. The van der Waals surface area contributed by atoms with Gasteiger partial charge in [0.1, 0.15) is 9.45 Å². The molecule has 0 aliphatic carbocycles. The third kappa shape index (κ3) is 4.40. The molecule has 1 spiro atoms. The Morgan fingerprint density at radius 3 is 2.50 bits per heavy atom. The van der Waals surface area contributed by atoms with Gasteiger partial charge in [-0.1, -0.05) is 0 Å². The summed E-state index contributed by atoms with van der Waals surface area (Å²) >= 11 is 1.89. The zero-order chi connectivity index (χ0) is 22.9. The van der Waals surface area contributed by atoms with Gasteiger partial charge in [0, 0.05) is 18.7 Å². The molecule has 6 N–H and O–H groups in total. The van der Waals surface area contributed by atoms with Gasteiger partial charge in [0.15, 0.2) is 23.3 Å². The fraction of sp³-hybridized carbons (Fsp3) is 0.350. The van der Waals surface area contributed by atoms with Crippen molar-refractivity contribution in [1.29, 1.82) is 0 Å². The summed E-state index contributed by atoms with van der Waals surface area (Å²) in [5.74, 6) is 0.677. The number of piperidine rings is 1. The highest BCUT2D eigenvalue weighted by Crippen LogP contribution is 2.27. The van der Waals surface area contributed by atoms with Crippen molar-refractivity contribution in [3.05, 3.63) is 39.2 Å². The van der Waals surface area contributed by atoms with Crippen LogP contribution < -0.4 is 26.8 Å². The average molecular weight is 550 g/mol. The highest BCUT2D eigenvalue weighted by molar-refractivity contribution is 14.1. The van der Waals surface area contributed by atoms with Crippen LogP contribution in [0.2, 0.25) is 0 Å². The number of nitrogens with two attached hydrogens (primary N) is 2. The van der Waals surface area contributed by atoms with Gasteiger partial charge >= 0.3 is 0 Å². The van der Waals surface area contributed by atoms with Crippen molar-refractivity contribution in [2.45, 2.75) is 18.4 Å². The van der Waals surface area contributed by atoms with E-state index < -0.39 is 5.91 Å². The van der Waals surface area contributed by atoms with Gasteiger partial charge in [-0.3, -0.25) is 19.9 Å². The van der Waals surface area contributed by atoms with Crippen LogP contribution in [-0.2, 0) is 0 Å². The van der Waals surface area contributed by atoms with Gasteiger partial charge in [-0.2, -0.15) is 0 Å². The molecule has 2 amide bonds. The molecule has 0 atom stereocenters. The first-order valence-corrected chi connectivity index (χ1v) is 11.0. The van der Waals surface area contributed by atoms with Crippen molar-refractivity contribution in [2.24, 2.45) is 4.99 Å². The molecule has 2 aromatic rings. The fourth-order valence-electron chi connectivity index (χ4n) is 3.74. The molecule has 1 aromatic carbocycles. The molecule has 168 valence electrons. The molecule has 0 saturated carbocycles. The Bertz CT molecular complexity index is 1080. The van der Waals surface area contributed by atoms with Crippen molar-refractivity contribution < 1.29 is 14.3 Å². The Kier molecular flexibility index (Phi) is 6.04. The van der Waals surface area contributed by atoms with Gasteiger partial charge in [-0.05, 0) is 59.7 Å². The summed E-state index contributed by atoms with van der Waals surface area (Å²) < 4.78 is 5.54. The van der Waals surface area contributed by atoms with Crippen LogP contribution >= 0.6 is 22.6 Å². The van der Waals surface area contributed by atoms with Crippen LogP contribution in [0, 0.1) is 3.70 Å². The van der Waals surface area contributed by atoms with Gasteiger partial charge in [0.2, 0.25) is 0 Å². The average Bonchev–Trinajstić information content (AvgIpc) is 3.18. The smallest absolute Gasteiger partial charge is 0.280 e. The summed E-state index contributed by atoms with van der Waals surface area (Å²) in [6, 6.07) is 7.09. The predicted molar refractivity (Wildman–Crippen MR) is 127 cm³/mol. The van der Waals surface area contributed by atoms with Crippen LogP contribution in [-0.4, -0.2) is 64.9 Å². The third-order valence-corrected chi connectivity index (χ3v) is 6.41. The van der Waals surface area contributed by atoms with Crippen molar-refractivity contribution in [2.75, 3.05) is 38.2 Å². The third-order valence-electron chi connectivity index (χ3n) is 5.62. The number of amides is 2. The first-order chi connectivity index (χ1) is 15.3. The molecule has 11 nitrogen and oxygen atoms in total. The van der Waals surface area contributed by atoms with E-state index in [1.165, 1.54) is 0 Å². The van der Waals surface area contributed by atoms with E-state index in [-0.39, 0.29) is 28.8 Å². The lowest BCUT2D eigenvalue weighted by Gasteiger charge is -2.39. The molecule has 3 heterocycles. The van der Waals surface area contributed by atoms with Crippen LogP contribution in [0.15, 0.2) is 29.3 Å². The molecule has 2 aliphatic heterocycles. The highest BCUT2D eigenvalue weighted by Gasteiger charge is 2.40. The molecule has 1 fully saturated rings. The van der Waals surface area contributed by atoms with Gasteiger partial charge in [-0.15, -0.1) is 0 Å². The largest absolute Gasteiger partial charge is 0.497 e. The fourth-order valence-corrected chi connectivity index (χ4v) is 4.11. The summed E-state index contributed by atoms with van der Waals surface area (Å²) in [6.45, 7) is 1.68. The number of ether oxygens (including phenoxy) is 1. The molecule has 32 heavy (non-hydrogen) atoms. The number of aromatic nitrogens is 2. The number of anilines is 2. The molecular formula is C20H23IN8O3. The summed E-state index contributed by atoms with van der Waals surface area (Å²) in [7, 11) is 1.59. The second-order valence-corrected chi connectivity index (χ2v) is 8.70. The molecule has 0 radical (unpaired) electrons. The highest BCUT2D eigenvalue weighted by atomic mass is 127. The number of likely N-dealkylation sites (tertiary alicyclic amines) is 1. The number of aliphatic imine (C=N–C) groups is 1. The summed E-state index contributed by atoms with van der Waals surface area (Å²) in [4.78, 5) is 39.7. The molecule has 0 unspecified atom stereocenters. The monoisotopic (exact) mass is 550 g/mol. The maximum Gasteiger partial charge on any atom is 0.280 e. The Morgan fingerprint density at radius 1 is 1.16 bits per heavy atom. The number of hydrogen-bond acceptors (Lipinski definition) is 9. The second-order valence-electron chi connectivity index (χ2n) is 7.68. The van der Waals surface area contributed by atoms with E-state index in [1.807, 2.05) is 27.5 Å². The zero-order valence-electron chi connectivity index (χ0n) is 17.4. The van der Waals surface area contributed by atoms with E-state index in [4.69, 9.17) is 16.2 Å². The van der Waals surface area contributed by atoms with Gasteiger partial charge in [-0.25, -0.2) is 9.97 Å². The standard InChI is InChI=1S/C20H23IN8O3/c1-32-12-4-2-11(3-5-12)18(31)29-8-6-20(7-9-29)10-24-19(28-20)27-17(30)13-15(22)26-16(23)14(21)25-13/h2-5H,6-10H2,1H3,(H4,22,23,26)(H2,24,27,28,30). The lowest BCUT2D eigenvalue weighted by Crippen LogP contribution is -2.57. The number of methoxy groups -OCH3 is 1. The number of nitrogen functional groups attached to an aromatic ring is 2. The van der Waals surface area contributed by atoms with Gasteiger partial charge in [0.05, 0.1) is 19.2 Å². The minimum Gasteiger partial charge on any atom is -0.497 e. The zero-order valence-corrected chi connectivity index (χ0v) is 19.5. The SMILES string of the molecule is COc1ccc(C(=O)N2CCC3(CC2)CN=C(NC(=O)c2nc(I)c(N)nc2N)N3)cc1. The van der Waals surface area contributed by atoms with Crippen LogP contribution in [0.25, 0.3) is 0 Å². The quantitative estimate of drug-likeness (QED) is 0.405. The predicted octanol–water partition coefficient (Wildman–Crippen LogP) is 0.618. The number of halogens is 1. The normalized spacial score (nSPS) is 16.9. The Labute approximate surface area is 198 Å². The number of hydrogen-bond donors (Lipinski definition) is 4. The van der Waals surface area contributed by atoms with Crippen molar-refractivity contribution in [3.63, 3.8) is 0 Å². The Hall–Kier alpha value is -3.16. The van der Waals surface area contributed by atoms with E-state index in [1.54, 1.807) is 31.4 Å². The second kappa shape index (κ2) is 8.76. The number of nitrogens with zero attached hydrogens (tertiary/aromatic N) is 4. The Balaban J connectivity index is 1.34. The maximum atomic E-state index is 12.8. The van der Waals surface area contributed by atoms with Gasteiger partial charge in [0.25, 0.3) is 11.8 Å². The Morgan fingerprint density at radius 2 is 1.84 bits per heavy atom. The van der Waals surface area contributed by atoms with Crippen LogP contribution in [0.5, 0.6) is 5.75 Å². The minimum absolute atomic E-state index is 0.00559. The number of rotatable bonds is 3. The summed E-state index contributed by atoms with van der Waals surface area (Å²) in [5.41, 5.74) is 11.8. The van der Waals surface area contributed by atoms with Crippen molar-refractivity contribution >= 4 is 52.0 Å². The first kappa shape index (κ1) is 22.0. The first-order valence-electron chi connectivity index (χ1n) is 9.96. The van der Waals surface area contributed by atoms with Crippen molar-refractivity contribution in [3.8, 4) is 5.75 Å². The number of carbonyl (C=O) groups is 2. The van der Waals surface area contributed by atoms with Crippen molar-refractivity contribution in [1.82, 2.24) is 25.5 Å². The number of benzene rings is 1. The molecule has 0 bridgehead atoms. The molecule has 1 aromatic heterocycles. The van der Waals surface area contributed by atoms with E-state index in [0.29, 0.717) is 53.4 Å². The molecule has 2 aliphatic rings. The summed E-state index contributed by atoms with van der Waals surface area (Å²) in [6.07, 6.45) is 1.42. The topological polar surface area (TPSA) is 161 Å². The lowest BCUT2D eigenvalue weighted by molar-refractivity contribution is 0.0668. The van der Waals surface area contributed by atoms with Crippen LogP contribution in [0.4, 0.5) is 11.6 Å². The van der Waals surface area contributed by atoms with E-state index >= 15 is 0 Å². The number of guanidine groups is 1. The molecule has 4 rings (SSSR count). The summed E-state index contributed by atoms with van der Waals surface area (Å²) in [5, 5.41) is 6.02. The molecule has 12 heteroatoms. The molecular weight excluding hydrogens is 527 g/mol.